The molecule has 22 heavy (non-hydrogen) atoms. The quantitative estimate of drug-likeness (QED) is 0.807. The molecule has 2 aromatic rings. The Labute approximate surface area is 129 Å². The number of ether oxygens (including phenoxy) is 1. The van der Waals surface area contributed by atoms with E-state index < -0.39 is 0 Å². The second-order valence-electron chi connectivity index (χ2n) is 5.54. The van der Waals surface area contributed by atoms with Crippen LogP contribution in [0.25, 0.3) is 11.1 Å². The molecule has 2 atom stereocenters. The average Bonchev–Trinajstić information content (AvgIpc) is 2.54. The van der Waals surface area contributed by atoms with E-state index >= 15 is 0 Å². The highest BCUT2D eigenvalue weighted by atomic mass is 16.5. The summed E-state index contributed by atoms with van der Waals surface area (Å²) in [5.74, 6) is 0.706. The molecule has 0 amide bonds. The molecule has 6 nitrogen and oxygen atoms in total. The van der Waals surface area contributed by atoms with Crippen molar-refractivity contribution in [3.63, 3.8) is 0 Å². The van der Waals surface area contributed by atoms with Gasteiger partial charge in [0.25, 0.3) is 0 Å². The summed E-state index contributed by atoms with van der Waals surface area (Å²) >= 11 is 0. The van der Waals surface area contributed by atoms with Gasteiger partial charge in [-0.25, -0.2) is 15.0 Å². The van der Waals surface area contributed by atoms with Crippen LogP contribution in [-0.2, 0) is 4.74 Å². The molecule has 6 heteroatoms. The topological polar surface area (TPSA) is 68.2 Å². The van der Waals surface area contributed by atoms with E-state index in [1.807, 2.05) is 19.9 Å². The summed E-state index contributed by atoms with van der Waals surface area (Å²) in [5, 5.41) is 0. The Bertz CT molecular complexity index is 652. The van der Waals surface area contributed by atoms with Crippen LogP contribution in [0, 0.1) is 0 Å². The fourth-order valence-corrected chi connectivity index (χ4v) is 2.78. The zero-order valence-corrected chi connectivity index (χ0v) is 12.6. The number of nitrogens with zero attached hydrogens (tertiary/aromatic N) is 4. The third-order valence-corrected chi connectivity index (χ3v) is 3.64. The number of carbonyl (C=O) groups excluding carboxylic acids is 1. The summed E-state index contributed by atoms with van der Waals surface area (Å²) in [7, 11) is 0. The lowest BCUT2D eigenvalue weighted by atomic mass is 10.1. The van der Waals surface area contributed by atoms with Crippen LogP contribution < -0.4 is 4.90 Å². The average molecular weight is 298 g/mol. The van der Waals surface area contributed by atoms with E-state index in [-0.39, 0.29) is 12.2 Å². The lowest BCUT2D eigenvalue weighted by Gasteiger charge is -2.36. The summed E-state index contributed by atoms with van der Waals surface area (Å²) in [6.07, 6.45) is 7.72. The van der Waals surface area contributed by atoms with E-state index in [1.165, 1.54) is 6.33 Å². The van der Waals surface area contributed by atoms with Crippen LogP contribution in [0.3, 0.4) is 0 Å². The molecule has 0 radical (unpaired) electrons. The minimum Gasteiger partial charge on any atom is -0.372 e. The van der Waals surface area contributed by atoms with E-state index in [4.69, 9.17) is 4.74 Å². The fourth-order valence-electron chi connectivity index (χ4n) is 2.78. The van der Waals surface area contributed by atoms with Gasteiger partial charge in [0, 0.05) is 42.8 Å². The van der Waals surface area contributed by atoms with Crippen molar-refractivity contribution in [3.8, 4) is 11.1 Å². The van der Waals surface area contributed by atoms with E-state index in [0.717, 1.165) is 30.5 Å². The van der Waals surface area contributed by atoms with Gasteiger partial charge in [-0.15, -0.1) is 0 Å². The standard InChI is InChI=1S/C16H18N4O2/c1-11-7-20(8-12(2)22-11)16-14(9-21)3-13(6-19-16)15-4-17-10-18-5-15/h3-6,9-12H,7-8H2,1-2H3. The Morgan fingerprint density at radius 2 is 1.82 bits per heavy atom. The second-order valence-corrected chi connectivity index (χ2v) is 5.54. The predicted molar refractivity (Wildman–Crippen MR) is 82.9 cm³/mol. The van der Waals surface area contributed by atoms with Gasteiger partial charge in [-0.2, -0.15) is 0 Å². The Morgan fingerprint density at radius 1 is 1.14 bits per heavy atom. The SMILES string of the molecule is CC1CN(c2ncc(-c3cncnc3)cc2C=O)CC(C)O1. The third-order valence-electron chi connectivity index (χ3n) is 3.64. The Balaban J connectivity index is 1.94. The molecular formula is C16H18N4O2. The van der Waals surface area contributed by atoms with Crippen LogP contribution in [0.4, 0.5) is 5.82 Å². The highest BCUT2D eigenvalue weighted by Crippen LogP contribution is 2.25. The minimum absolute atomic E-state index is 0.118. The highest BCUT2D eigenvalue weighted by molar-refractivity contribution is 5.85. The van der Waals surface area contributed by atoms with Crippen LogP contribution in [0.1, 0.15) is 24.2 Å². The maximum Gasteiger partial charge on any atom is 0.153 e. The lowest BCUT2D eigenvalue weighted by Crippen LogP contribution is -2.46. The lowest BCUT2D eigenvalue weighted by molar-refractivity contribution is -0.00549. The predicted octanol–water partition coefficient (Wildman–Crippen LogP) is 1.96. The first kappa shape index (κ1) is 14.6. The van der Waals surface area contributed by atoms with E-state index in [2.05, 4.69) is 19.9 Å². The van der Waals surface area contributed by atoms with Crippen LogP contribution in [0.15, 0.2) is 31.0 Å². The van der Waals surface area contributed by atoms with Gasteiger partial charge in [-0.3, -0.25) is 4.79 Å². The molecule has 1 fully saturated rings. The number of hydrogen-bond donors (Lipinski definition) is 0. The Hall–Kier alpha value is -2.34. The first-order chi connectivity index (χ1) is 10.7. The molecule has 0 saturated carbocycles. The fraction of sp³-hybridized carbons (Fsp3) is 0.375. The van der Waals surface area contributed by atoms with Gasteiger partial charge in [0.15, 0.2) is 6.29 Å². The van der Waals surface area contributed by atoms with Crippen molar-refractivity contribution in [1.82, 2.24) is 15.0 Å². The first-order valence-corrected chi connectivity index (χ1v) is 7.28. The summed E-state index contributed by atoms with van der Waals surface area (Å²) < 4.78 is 5.73. The van der Waals surface area contributed by atoms with Gasteiger partial charge in [0.2, 0.25) is 0 Å². The largest absolute Gasteiger partial charge is 0.372 e. The van der Waals surface area contributed by atoms with Crippen LogP contribution >= 0.6 is 0 Å². The van der Waals surface area contributed by atoms with Gasteiger partial charge in [-0.1, -0.05) is 0 Å². The van der Waals surface area contributed by atoms with Gasteiger partial charge >= 0.3 is 0 Å². The van der Waals surface area contributed by atoms with Gasteiger partial charge in [-0.05, 0) is 19.9 Å². The monoisotopic (exact) mass is 298 g/mol. The van der Waals surface area contributed by atoms with Crippen LogP contribution in [0.2, 0.25) is 0 Å². The van der Waals surface area contributed by atoms with Crippen molar-refractivity contribution in [2.45, 2.75) is 26.1 Å². The molecular weight excluding hydrogens is 280 g/mol. The maximum atomic E-state index is 11.5. The van der Waals surface area contributed by atoms with Crippen molar-refractivity contribution in [2.24, 2.45) is 0 Å². The zero-order chi connectivity index (χ0) is 15.5. The smallest absolute Gasteiger partial charge is 0.153 e. The minimum atomic E-state index is 0.118. The van der Waals surface area contributed by atoms with Crippen molar-refractivity contribution in [3.05, 3.63) is 36.5 Å². The molecule has 114 valence electrons. The number of anilines is 1. The molecule has 3 heterocycles. The number of rotatable bonds is 3. The molecule has 0 spiro atoms. The zero-order valence-electron chi connectivity index (χ0n) is 12.6. The van der Waals surface area contributed by atoms with E-state index in [9.17, 15) is 4.79 Å². The van der Waals surface area contributed by atoms with Crippen LogP contribution in [0.5, 0.6) is 0 Å². The first-order valence-electron chi connectivity index (χ1n) is 7.28. The van der Waals surface area contributed by atoms with E-state index in [0.29, 0.717) is 11.4 Å². The Morgan fingerprint density at radius 3 is 2.45 bits per heavy atom. The number of hydrogen-bond acceptors (Lipinski definition) is 6. The second kappa shape index (κ2) is 6.19. The van der Waals surface area contributed by atoms with Crippen molar-refractivity contribution in [2.75, 3.05) is 18.0 Å². The van der Waals surface area contributed by atoms with Crippen LogP contribution in [-0.4, -0.2) is 46.5 Å². The molecule has 0 N–H and O–H groups in total. The number of aromatic nitrogens is 3. The van der Waals surface area contributed by atoms with Gasteiger partial charge in [0.1, 0.15) is 12.1 Å². The molecule has 1 aliphatic rings. The van der Waals surface area contributed by atoms with E-state index in [1.54, 1.807) is 18.6 Å². The molecule has 3 rings (SSSR count). The molecule has 1 saturated heterocycles. The van der Waals surface area contributed by atoms with Crippen molar-refractivity contribution < 1.29 is 9.53 Å². The number of aldehydes is 1. The normalized spacial score (nSPS) is 21.6. The summed E-state index contributed by atoms with van der Waals surface area (Å²) in [6, 6.07) is 1.83. The third kappa shape index (κ3) is 2.96. The number of carbonyl (C=O) groups is 1. The van der Waals surface area contributed by atoms with Gasteiger partial charge < -0.3 is 9.64 Å². The molecule has 0 aromatic carbocycles. The highest BCUT2D eigenvalue weighted by Gasteiger charge is 2.25. The molecule has 1 aliphatic heterocycles. The summed E-state index contributed by atoms with van der Waals surface area (Å²) in [6.45, 7) is 5.51. The molecule has 2 aromatic heterocycles. The molecule has 0 bridgehead atoms. The number of pyridine rings is 1. The maximum absolute atomic E-state index is 11.5. The van der Waals surface area contributed by atoms with Crippen molar-refractivity contribution >= 4 is 12.1 Å². The number of morpholine rings is 1. The molecule has 2 unspecified atom stereocenters. The van der Waals surface area contributed by atoms with Crippen molar-refractivity contribution in [1.29, 1.82) is 0 Å². The summed E-state index contributed by atoms with van der Waals surface area (Å²) in [4.78, 5) is 26.1. The molecule has 0 aliphatic carbocycles. The van der Waals surface area contributed by atoms with Gasteiger partial charge in [0.05, 0.1) is 17.8 Å². The summed E-state index contributed by atoms with van der Waals surface area (Å²) in [5.41, 5.74) is 2.25. The Kier molecular flexibility index (Phi) is 4.11.